The van der Waals surface area contributed by atoms with Gasteiger partial charge in [-0.25, -0.2) is 4.79 Å². The molecule has 1 amide bonds. The molecule has 1 aromatic carbocycles. The van der Waals surface area contributed by atoms with E-state index in [-0.39, 0.29) is 36.2 Å². The number of amides is 1. The molecule has 1 aliphatic carbocycles. The zero-order valence-corrected chi connectivity index (χ0v) is 15.0. The summed E-state index contributed by atoms with van der Waals surface area (Å²) in [6.07, 6.45) is 4.55. The molecule has 0 radical (unpaired) electrons. The van der Waals surface area contributed by atoms with Crippen molar-refractivity contribution in [3.8, 4) is 11.5 Å². The largest absolute Gasteiger partial charge is 1.00 e. The van der Waals surface area contributed by atoms with Crippen molar-refractivity contribution >= 4 is 11.9 Å². The number of hydrogen-bond acceptors (Lipinski definition) is 5. The number of benzene rings is 1. The van der Waals surface area contributed by atoms with Crippen LogP contribution in [0.4, 0.5) is 0 Å². The maximum absolute atomic E-state index is 12.6. The summed E-state index contributed by atoms with van der Waals surface area (Å²) >= 11 is 0. The number of hydrogen-bond donors (Lipinski definition) is 4. The van der Waals surface area contributed by atoms with Crippen LogP contribution in [0.3, 0.4) is 0 Å². The number of rotatable bonds is 5. The molecule has 25 heavy (non-hydrogen) atoms. The zero-order chi connectivity index (χ0) is 17.7. The molecule has 0 aliphatic heterocycles. The van der Waals surface area contributed by atoms with E-state index in [1.807, 2.05) is 0 Å². The molecular formula is C17H25ClN2O5. The van der Waals surface area contributed by atoms with Crippen molar-refractivity contribution in [2.75, 3.05) is 7.11 Å². The second-order valence-corrected chi connectivity index (χ2v) is 6.42. The predicted molar refractivity (Wildman–Crippen MR) is 86.1 cm³/mol. The smallest absolute Gasteiger partial charge is 0.328 e. The van der Waals surface area contributed by atoms with E-state index in [0.29, 0.717) is 18.4 Å². The number of phenols is 2. The molecule has 0 spiro atoms. The van der Waals surface area contributed by atoms with E-state index in [1.54, 1.807) is 6.07 Å². The predicted octanol–water partition coefficient (Wildman–Crippen LogP) is -2.75. The normalized spacial score (nSPS) is 17.0. The quantitative estimate of drug-likeness (QED) is 0.329. The maximum Gasteiger partial charge on any atom is 0.328 e. The number of phenolic OH excluding ortho intramolecular Hbond substituents is 2. The number of halogens is 1. The summed E-state index contributed by atoms with van der Waals surface area (Å²) in [4.78, 5) is 24.6. The average Bonchev–Trinajstić information content (AvgIpc) is 2.57. The minimum Gasteiger partial charge on any atom is -1.00 e. The Labute approximate surface area is 153 Å². The second kappa shape index (κ2) is 8.92. The Bertz CT molecular complexity index is 617. The third kappa shape index (κ3) is 5.24. The van der Waals surface area contributed by atoms with Gasteiger partial charge in [0.05, 0.1) is 7.11 Å². The highest BCUT2D eigenvalue weighted by Gasteiger charge is 2.41. The van der Waals surface area contributed by atoms with Gasteiger partial charge in [0, 0.05) is 19.3 Å². The minimum atomic E-state index is -0.869. The Morgan fingerprint density at radius 3 is 2.44 bits per heavy atom. The first-order chi connectivity index (χ1) is 11.4. The number of ether oxygens (including phenoxy) is 1. The van der Waals surface area contributed by atoms with Crippen LogP contribution in [0.2, 0.25) is 0 Å². The number of methoxy groups -OCH3 is 1. The fraction of sp³-hybridized carbons (Fsp3) is 0.529. The van der Waals surface area contributed by atoms with Crippen LogP contribution in [0.1, 0.15) is 37.7 Å². The molecule has 0 unspecified atom stereocenters. The summed E-state index contributed by atoms with van der Waals surface area (Å²) in [6, 6.07) is 3.41. The van der Waals surface area contributed by atoms with Crippen molar-refractivity contribution in [3.05, 3.63) is 23.8 Å². The highest BCUT2D eigenvalue weighted by molar-refractivity contribution is 5.89. The number of carbonyl (C=O) groups excluding carboxylic acids is 2. The lowest BCUT2D eigenvalue weighted by atomic mass is 9.81. The van der Waals surface area contributed by atoms with E-state index in [4.69, 9.17) is 4.74 Å². The van der Waals surface area contributed by atoms with E-state index in [2.05, 4.69) is 11.1 Å². The molecule has 1 aliphatic rings. The molecule has 0 heterocycles. The molecule has 140 valence electrons. The van der Waals surface area contributed by atoms with Crippen LogP contribution in [0.15, 0.2) is 18.2 Å². The highest BCUT2D eigenvalue weighted by Crippen LogP contribution is 2.26. The Morgan fingerprint density at radius 2 is 1.88 bits per heavy atom. The van der Waals surface area contributed by atoms with Crippen LogP contribution in [-0.2, 0) is 20.7 Å². The zero-order valence-electron chi connectivity index (χ0n) is 14.3. The molecule has 2 rings (SSSR count). The Kier molecular flexibility index (Phi) is 7.51. The van der Waals surface area contributed by atoms with Gasteiger partial charge in [0.1, 0.15) is 6.04 Å². The SMILES string of the molecule is COC(=O)[C@H](Cc1ccc(O)c(O)c1)NC(=O)C1([NH3+])CCCCC1.[Cl-]. The van der Waals surface area contributed by atoms with Gasteiger partial charge in [-0.3, -0.25) is 4.79 Å². The Morgan fingerprint density at radius 1 is 1.24 bits per heavy atom. The topological polar surface area (TPSA) is 124 Å². The standard InChI is InChI=1S/C17H24N2O5.ClH/c1-24-15(22)12(9-11-5-6-13(20)14(21)10-11)19-16(23)17(18)7-3-2-4-8-17;/h5-6,10,12,20-21H,2-4,7-9,18H2,1H3,(H,19,23);1H/t12-;/m0./s1. The minimum absolute atomic E-state index is 0. The fourth-order valence-electron chi connectivity index (χ4n) is 3.03. The average molecular weight is 373 g/mol. The number of aromatic hydroxyl groups is 2. The van der Waals surface area contributed by atoms with Crippen molar-refractivity contribution in [2.24, 2.45) is 0 Å². The molecular weight excluding hydrogens is 348 g/mol. The van der Waals surface area contributed by atoms with Gasteiger partial charge in [-0.15, -0.1) is 0 Å². The lowest BCUT2D eigenvalue weighted by Crippen LogP contribution is -3.00. The third-order valence-electron chi connectivity index (χ3n) is 4.56. The number of quaternary nitrogens is 1. The molecule has 8 heteroatoms. The number of nitrogens with one attached hydrogen (secondary N) is 1. The number of carbonyl (C=O) groups is 2. The summed E-state index contributed by atoms with van der Waals surface area (Å²) in [5.74, 6) is -1.32. The summed E-state index contributed by atoms with van der Waals surface area (Å²) in [5, 5.41) is 21.7. The molecule has 0 aromatic heterocycles. The van der Waals surface area contributed by atoms with Crippen LogP contribution in [0.25, 0.3) is 0 Å². The molecule has 1 saturated carbocycles. The van der Waals surface area contributed by atoms with Gasteiger partial charge in [-0.2, -0.15) is 0 Å². The molecule has 0 saturated heterocycles. The monoisotopic (exact) mass is 372 g/mol. The first-order valence-electron chi connectivity index (χ1n) is 8.11. The third-order valence-corrected chi connectivity index (χ3v) is 4.56. The van der Waals surface area contributed by atoms with E-state index in [0.717, 1.165) is 19.3 Å². The Hall–Kier alpha value is -1.99. The van der Waals surface area contributed by atoms with Crippen LogP contribution in [-0.4, -0.2) is 40.8 Å². The van der Waals surface area contributed by atoms with E-state index >= 15 is 0 Å². The summed E-state index contributed by atoms with van der Waals surface area (Å²) in [7, 11) is 1.26. The van der Waals surface area contributed by atoms with E-state index < -0.39 is 17.6 Å². The van der Waals surface area contributed by atoms with Gasteiger partial charge < -0.3 is 38.4 Å². The maximum atomic E-state index is 12.6. The number of esters is 1. The molecule has 1 fully saturated rings. The first-order valence-corrected chi connectivity index (χ1v) is 8.11. The first kappa shape index (κ1) is 21.1. The van der Waals surface area contributed by atoms with Crippen molar-refractivity contribution in [3.63, 3.8) is 0 Å². The fourth-order valence-corrected chi connectivity index (χ4v) is 3.03. The summed E-state index contributed by atoms with van der Waals surface area (Å²) in [5.41, 5.74) is 3.96. The van der Waals surface area contributed by atoms with Crippen molar-refractivity contribution in [2.45, 2.75) is 50.1 Å². The van der Waals surface area contributed by atoms with Crippen molar-refractivity contribution in [1.29, 1.82) is 0 Å². The molecule has 1 aromatic rings. The second-order valence-electron chi connectivity index (χ2n) is 6.42. The van der Waals surface area contributed by atoms with Gasteiger partial charge in [0.2, 0.25) is 0 Å². The van der Waals surface area contributed by atoms with E-state index in [9.17, 15) is 19.8 Å². The van der Waals surface area contributed by atoms with Gasteiger partial charge in [-0.05, 0) is 30.5 Å². The van der Waals surface area contributed by atoms with Crippen LogP contribution < -0.4 is 23.5 Å². The lowest BCUT2D eigenvalue weighted by molar-refractivity contribution is -0.464. The Balaban J connectivity index is 0.00000312. The summed E-state index contributed by atoms with van der Waals surface area (Å²) < 4.78 is 4.77. The van der Waals surface area contributed by atoms with Crippen LogP contribution >= 0.6 is 0 Å². The van der Waals surface area contributed by atoms with Gasteiger partial charge in [0.25, 0.3) is 5.91 Å². The van der Waals surface area contributed by atoms with Gasteiger partial charge in [0.15, 0.2) is 17.0 Å². The summed E-state index contributed by atoms with van der Waals surface area (Å²) in [6.45, 7) is 0. The van der Waals surface area contributed by atoms with E-state index in [1.165, 1.54) is 19.2 Å². The molecule has 6 N–H and O–H groups in total. The molecule has 1 atom stereocenters. The van der Waals surface area contributed by atoms with Crippen molar-refractivity contribution < 1.29 is 42.7 Å². The van der Waals surface area contributed by atoms with Crippen LogP contribution in [0, 0.1) is 0 Å². The molecule has 7 nitrogen and oxygen atoms in total. The van der Waals surface area contributed by atoms with Crippen molar-refractivity contribution in [1.82, 2.24) is 5.32 Å². The lowest BCUT2D eigenvalue weighted by Gasteiger charge is -2.30. The molecule has 0 bridgehead atoms. The van der Waals surface area contributed by atoms with Gasteiger partial charge in [-0.1, -0.05) is 12.5 Å². The highest BCUT2D eigenvalue weighted by atomic mass is 35.5. The van der Waals surface area contributed by atoms with Crippen LogP contribution in [0.5, 0.6) is 11.5 Å². The van der Waals surface area contributed by atoms with Gasteiger partial charge >= 0.3 is 5.97 Å².